The van der Waals surface area contributed by atoms with Crippen molar-refractivity contribution in [2.75, 3.05) is 13.1 Å². The standard InChI is InChI=1S/C32H41NO3/c1-7-9-10-23(6)35-28-16-15-26(31-27-14-12-22(5)17-29(27)36-32(28)31)25-18-30(34)33(20-25)19-24(8-2)13-11-21(3)4/h11-17,23,25H,7-10,18-20H2,1-6H3/b24-13+. The van der Waals surface area contributed by atoms with E-state index in [0.717, 1.165) is 59.9 Å². The average Bonchev–Trinajstić information content (AvgIpc) is 3.40. The number of furan rings is 1. The van der Waals surface area contributed by atoms with E-state index in [1.54, 1.807) is 0 Å². The Morgan fingerprint density at radius 2 is 2.00 bits per heavy atom. The first-order chi connectivity index (χ1) is 17.3. The van der Waals surface area contributed by atoms with Gasteiger partial charge in [0.25, 0.3) is 0 Å². The summed E-state index contributed by atoms with van der Waals surface area (Å²) in [5.41, 5.74) is 6.58. The van der Waals surface area contributed by atoms with Crippen molar-refractivity contribution >= 4 is 27.8 Å². The maximum atomic E-state index is 13.1. The summed E-state index contributed by atoms with van der Waals surface area (Å²) in [6, 6.07) is 10.6. The third-order valence-corrected chi connectivity index (χ3v) is 7.22. The van der Waals surface area contributed by atoms with Gasteiger partial charge >= 0.3 is 0 Å². The van der Waals surface area contributed by atoms with Crippen LogP contribution in [0.1, 0.15) is 83.8 Å². The topological polar surface area (TPSA) is 42.7 Å². The number of carbonyl (C=O) groups excluding carboxylic acids is 1. The monoisotopic (exact) mass is 487 g/mol. The van der Waals surface area contributed by atoms with Crippen LogP contribution in [-0.2, 0) is 4.79 Å². The van der Waals surface area contributed by atoms with Gasteiger partial charge in [0, 0.05) is 36.2 Å². The molecule has 2 atom stereocenters. The molecular weight excluding hydrogens is 446 g/mol. The highest BCUT2D eigenvalue weighted by Gasteiger charge is 2.33. The quantitative estimate of drug-likeness (QED) is 0.269. The average molecular weight is 488 g/mol. The number of hydrogen-bond donors (Lipinski definition) is 0. The van der Waals surface area contributed by atoms with Crippen LogP contribution in [0.3, 0.4) is 0 Å². The molecular formula is C32H41NO3. The zero-order valence-electron chi connectivity index (χ0n) is 22.8. The van der Waals surface area contributed by atoms with E-state index in [1.807, 2.05) is 4.90 Å². The minimum atomic E-state index is 0.123. The smallest absolute Gasteiger partial charge is 0.223 e. The highest BCUT2D eigenvalue weighted by Crippen LogP contribution is 2.42. The molecule has 192 valence electrons. The molecule has 2 unspecified atom stereocenters. The van der Waals surface area contributed by atoms with E-state index in [-0.39, 0.29) is 17.9 Å². The van der Waals surface area contributed by atoms with E-state index >= 15 is 0 Å². The number of rotatable bonds is 10. The van der Waals surface area contributed by atoms with Gasteiger partial charge in [-0.2, -0.15) is 0 Å². The van der Waals surface area contributed by atoms with Gasteiger partial charge in [0.15, 0.2) is 11.3 Å². The molecule has 4 nitrogen and oxygen atoms in total. The summed E-state index contributed by atoms with van der Waals surface area (Å²) >= 11 is 0. The minimum absolute atomic E-state index is 0.123. The van der Waals surface area contributed by atoms with Gasteiger partial charge in [-0.1, -0.05) is 68.2 Å². The summed E-state index contributed by atoms with van der Waals surface area (Å²) in [7, 11) is 0. The highest BCUT2D eigenvalue weighted by atomic mass is 16.5. The lowest BCUT2D eigenvalue weighted by Crippen LogP contribution is -2.27. The van der Waals surface area contributed by atoms with Crippen LogP contribution in [-0.4, -0.2) is 30.0 Å². The fourth-order valence-electron chi connectivity index (χ4n) is 5.13. The molecule has 36 heavy (non-hydrogen) atoms. The Morgan fingerprint density at radius 1 is 1.19 bits per heavy atom. The summed E-state index contributed by atoms with van der Waals surface area (Å²) in [6.45, 7) is 14.2. The number of allylic oxidation sites excluding steroid dienone is 3. The van der Waals surface area contributed by atoms with Gasteiger partial charge in [-0.15, -0.1) is 0 Å². The van der Waals surface area contributed by atoms with Gasteiger partial charge in [0.2, 0.25) is 5.91 Å². The number of aryl methyl sites for hydroxylation is 1. The van der Waals surface area contributed by atoms with E-state index in [4.69, 9.17) is 9.15 Å². The lowest BCUT2D eigenvalue weighted by atomic mass is 9.93. The highest BCUT2D eigenvalue weighted by molar-refractivity contribution is 6.09. The lowest BCUT2D eigenvalue weighted by molar-refractivity contribution is -0.127. The molecule has 3 aromatic rings. The van der Waals surface area contributed by atoms with Crippen molar-refractivity contribution in [2.24, 2.45) is 0 Å². The molecule has 0 spiro atoms. The maximum Gasteiger partial charge on any atom is 0.223 e. The minimum Gasteiger partial charge on any atom is -0.487 e. The second-order valence-electron chi connectivity index (χ2n) is 10.6. The van der Waals surface area contributed by atoms with Crippen LogP contribution in [0.4, 0.5) is 0 Å². The van der Waals surface area contributed by atoms with Gasteiger partial charge < -0.3 is 14.1 Å². The van der Waals surface area contributed by atoms with Gasteiger partial charge in [0.1, 0.15) is 5.58 Å². The number of nitrogens with zero attached hydrogens (tertiary/aromatic N) is 1. The summed E-state index contributed by atoms with van der Waals surface area (Å²) in [5, 5.41) is 2.20. The molecule has 1 aliphatic rings. The Balaban J connectivity index is 1.69. The third-order valence-electron chi connectivity index (χ3n) is 7.22. The molecule has 0 N–H and O–H groups in total. The summed E-state index contributed by atoms with van der Waals surface area (Å²) in [6.07, 6.45) is 9.22. The van der Waals surface area contributed by atoms with Crippen LogP contribution in [0.15, 0.2) is 58.0 Å². The number of benzene rings is 2. The molecule has 1 amide bonds. The first-order valence-corrected chi connectivity index (χ1v) is 13.5. The van der Waals surface area contributed by atoms with Crippen molar-refractivity contribution in [1.29, 1.82) is 0 Å². The molecule has 2 heterocycles. The number of fused-ring (bicyclic) bond motifs is 3. The fraction of sp³-hybridized carbons (Fsp3) is 0.469. The first-order valence-electron chi connectivity index (χ1n) is 13.5. The number of hydrogen-bond acceptors (Lipinski definition) is 3. The van der Waals surface area contributed by atoms with Gasteiger partial charge in [-0.3, -0.25) is 4.79 Å². The number of amides is 1. The molecule has 4 rings (SSSR count). The van der Waals surface area contributed by atoms with E-state index < -0.39 is 0 Å². The Hall–Kier alpha value is -3.01. The molecule has 4 heteroatoms. The van der Waals surface area contributed by atoms with Crippen LogP contribution in [0.2, 0.25) is 0 Å². The van der Waals surface area contributed by atoms with Gasteiger partial charge in [-0.25, -0.2) is 0 Å². The SMILES string of the molecule is CCCCC(C)Oc1ccc(C2CC(=O)N(C/C(=C/C=C(C)C)CC)C2)c2c1oc1cc(C)ccc12. The van der Waals surface area contributed by atoms with Crippen LogP contribution in [0, 0.1) is 6.92 Å². The van der Waals surface area contributed by atoms with Crippen molar-refractivity contribution in [2.45, 2.75) is 85.7 Å². The van der Waals surface area contributed by atoms with Gasteiger partial charge in [-0.05, 0) is 63.8 Å². The molecule has 0 saturated carbocycles. The number of unbranched alkanes of at least 4 members (excludes halogenated alkanes) is 1. The largest absolute Gasteiger partial charge is 0.487 e. The van der Waals surface area contributed by atoms with E-state index in [0.29, 0.717) is 13.0 Å². The zero-order chi connectivity index (χ0) is 25.8. The van der Waals surface area contributed by atoms with Crippen molar-refractivity contribution in [1.82, 2.24) is 4.90 Å². The molecule has 0 aliphatic carbocycles. The summed E-state index contributed by atoms with van der Waals surface area (Å²) < 4.78 is 12.8. The molecule has 1 aromatic heterocycles. The summed E-state index contributed by atoms with van der Waals surface area (Å²) in [5.74, 6) is 1.15. The van der Waals surface area contributed by atoms with Gasteiger partial charge in [0.05, 0.1) is 6.10 Å². The normalized spacial score (nSPS) is 17.3. The van der Waals surface area contributed by atoms with E-state index in [9.17, 15) is 4.79 Å². The Bertz CT molecular complexity index is 1290. The second kappa shape index (κ2) is 11.4. The number of carbonyl (C=O) groups is 1. The Labute approximate surface area is 216 Å². The third kappa shape index (κ3) is 5.69. The molecule has 1 fully saturated rings. The summed E-state index contributed by atoms with van der Waals surface area (Å²) in [4.78, 5) is 15.1. The Morgan fingerprint density at radius 3 is 2.72 bits per heavy atom. The maximum absolute atomic E-state index is 13.1. The van der Waals surface area contributed by atoms with Crippen LogP contribution >= 0.6 is 0 Å². The predicted molar refractivity (Wildman–Crippen MR) is 150 cm³/mol. The van der Waals surface area contributed by atoms with Crippen LogP contribution in [0.25, 0.3) is 21.9 Å². The predicted octanol–water partition coefficient (Wildman–Crippen LogP) is 8.47. The lowest BCUT2D eigenvalue weighted by Gasteiger charge is -2.19. The van der Waals surface area contributed by atoms with Crippen LogP contribution < -0.4 is 4.74 Å². The molecule has 1 aliphatic heterocycles. The number of ether oxygens (including phenoxy) is 1. The molecule has 2 aromatic carbocycles. The van der Waals surface area contributed by atoms with E-state index in [2.05, 4.69) is 84.0 Å². The second-order valence-corrected chi connectivity index (χ2v) is 10.6. The number of likely N-dealkylation sites (tertiary alicyclic amines) is 1. The van der Waals surface area contributed by atoms with Crippen molar-refractivity contribution in [3.8, 4) is 5.75 Å². The Kier molecular flexibility index (Phi) is 8.23. The molecule has 0 radical (unpaired) electrons. The van der Waals surface area contributed by atoms with Crippen molar-refractivity contribution in [3.63, 3.8) is 0 Å². The van der Waals surface area contributed by atoms with Crippen LogP contribution in [0.5, 0.6) is 5.75 Å². The molecule has 1 saturated heterocycles. The van der Waals surface area contributed by atoms with Crippen molar-refractivity contribution < 1.29 is 13.9 Å². The first kappa shape index (κ1) is 26.1. The van der Waals surface area contributed by atoms with E-state index in [1.165, 1.54) is 22.3 Å². The zero-order valence-corrected chi connectivity index (χ0v) is 22.8. The fourth-order valence-corrected chi connectivity index (χ4v) is 5.13. The van der Waals surface area contributed by atoms with Crippen molar-refractivity contribution in [3.05, 3.63) is 64.8 Å². The molecule has 0 bridgehead atoms.